The standard InChI is InChI=1S/C17H32O3/c1-2-3-4-5-6-7-8-16(18)15-9-11-20-17(13-15)10-12-19-14-17/h15-16,18H,2-14H2,1H3. The number of hydrogen-bond acceptors (Lipinski definition) is 3. The van der Waals surface area contributed by atoms with E-state index in [0.717, 1.165) is 45.5 Å². The third-order valence-corrected chi connectivity index (χ3v) is 5.00. The van der Waals surface area contributed by atoms with E-state index in [9.17, 15) is 5.11 Å². The molecule has 0 aromatic heterocycles. The highest BCUT2D eigenvalue weighted by atomic mass is 16.6. The third kappa shape index (κ3) is 4.71. The van der Waals surface area contributed by atoms with E-state index in [4.69, 9.17) is 9.47 Å². The largest absolute Gasteiger partial charge is 0.393 e. The Morgan fingerprint density at radius 3 is 2.70 bits per heavy atom. The Morgan fingerprint density at radius 2 is 1.95 bits per heavy atom. The summed E-state index contributed by atoms with van der Waals surface area (Å²) in [5.41, 5.74) is -0.0645. The van der Waals surface area contributed by atoms with Crippen molar-refractivity contribution >= 4 is 0 Å². The van der Waals surface area contributed by atoms with Gasteiger partial charge in [-0.05, 0) is 25.2 Å². The highest BCUT2D eigenvalue weighted by Gasteiger charge is 2.42. The molecule has 3 atom stereocenters. The first-order valence-corrected chi connectivity index (χ1v) is 8.65. The Morgan fingerprint density at radius 1 is 1.15 bits per heavy atom. The van der Waals surface area contributed by atoms with Crippen LogP contribution in [0, 0.1) is 5.92 Å². The summed E-state index contributed by atoms with van der Waals surface area (Å²) < 4.78 is 11.4. The minimum Gasteiger partial charge on any atom is -0.393 e. The summed E-state index contributed by atoms with van der Waals surface area (Å²) in [6.45, 7) is 4.59. The summed E-state index contributed by atoms with van der Waals surface area (Å²) in [6.07, 6.45) is 11.6. The van der Waals surface area contributed by atoms with Crippen LogP contribution in [-0.4, -0.2) is 36.6 Å². The quantitative estimate of drug-likeness (QED) is 0.691. The van der Waals surface area contributed by atoms with Gasteiger partial charge in [0.15, 0.2) is 0 Å². The van der Waals surface area contributed by atoms with E-state index >= 15 is 0 Å². The molecule has 0 aromatic rings. The van der Waals surface area contributed by atoms with Crippen LogP contribution in [-0.2, 0) is 9.47 Å². The Labute approximate surface area is 124 Å². The van der Waals surface area contributed by atoms with Gasteiger partial charge in [0.1, 0.15) is 0 Å². The van der Waals surface area contributed by atoms with Gasteiger partial charge < -0.3 is 14.6 Å². The molecule has 0 aromatic carbocycles. The molecule has 2 fully saturated rings. The molecule has 1 N–H and O–H groups in total. The maximum absolute atomic E-state index is 10.4. The van der Waals surface area contributed by atoms with Crippen LogP contribution in [0.5, 0.6) is 0 Å². The molecule has 2 saturated heterocycles. The van der Waals surface area contributed by atoms with Crippen LogP contribution in [0.15, 0.2) is 0 Å². The predicted octanol–water partition coefficient (Wildman–Crippen LogP) is 3.68. The van der Waals surface area contributed by atoms with E-state index in [0.29, 0.717) is 5.92 Å². The molecule has 3 nitrogen and oxygen atoms in total. The van der Waals surface area contributed by atoms with Crippen LogP contribution in [0.2, 0.25) is 0 Å². The molecule has 3 heteroatoms. The third-order valence-electron chi connectivity index (χ3n) is 5.00. The highest BCUT2D eigenvalue weighted by molar-refractivity contribution is 4.92. The summed E-state index contributed by atoms with van der Waals surface area (Å²) >= 11 is 0. The zero-order valence-electron chi connectivity index (χ0n) is 13.1. The smallest absolute Gasteiger partial charge is 0.0940 e. The zero-order valence-corrected chi connectivity index (χ0v) is 13.1. The van der Waals surface area contributed by atoms with Crippen molar-refractivity contribution in [3.05, 3.63) is 0 Å². The van der Waals surface area contributed by atoms with Crippen molar-refractivity contribution in [2.75, 3.05) is 19.8 Å². The molecular weight excluding hydrogens is 252 g/mol. The molecular formula is C17H32O3. The van der Waals surface area contributed by atoms with Gasteiger partial charge in [0.05, 0.1) is 18.3 Å². The average molecular weight is 284 g/mol. The summed E-state index contributed by atoms with van der Waals surface area (Å²) in [5.74, 6) is 0.418. The lowest BCUT2D eigenvalue weighted by Crippen LogP contribution is -2.43. The minimum absolute atomic E-state index is 0.0645. The zero-order chi connectivity index (χ0) is 14.3. The van der Waals surface area contributed by atoms with Crippen molar-refractivity contribution in [2.24, 2.45) is 5.92 Å². The van der Waals surface area contributed by atoms with Crippen LogP contribution < -0.4 is 0 Å². The lowest BCUT2D eigenvalue weighted by Gasteiger charge is -2.39. The Bertz CT molecular complexity index is 261. The van der Waals surface area contributed by atoms with Gasteiger partial charge in [0.2, 0.25) is 0 Å². The number of unbranched alkanes of at least 4 members (excludes halogenated alkanes) is 5. The number of rotatable bonds is 8. The van der Waals surface area contributed by atoms with Gasteiger partial charge in [-0.3, -0.25) is 0 Å². The van der Waals surface area contributed by atoms with Crippen LogP contribution >= 0.6 is 0 Å². The first-order chi connectivity index (χ1) is 9.76. The van der Waals surface area contributed by atoms with Gasteiger partial charge in [-0.25, -0.2) is 0 Å². The second-order valence-corrected chi connectivity index (χ2v) is 6.71. The van der Waals surface area contributed by atoms with E-state index in [1.54, 1.807) is 0 Å². The van der Waals surface area contributed by atoms with E-state index in [1.807, 2.05) is 0 Å². The van der Waals surface area contributed by atoms with Gasteiger partial charge in [-0.15, -0.1) is 0 Å². The van der Waals surface area contributed by atoms with Gasteiger partial charge >= 0.3 is 0 Å². The second kappa shape index (κ2) is 8.35. The number of ether oxygens (including phenoxy) is 2. The maximum Gasteiger partial charge on any atom is 0.0940 e. The summed E-state index contributed by atoms with van der Waals surface area (Å²) in [7, 11) is 0. The van der Waals surface area contributed by atoms with Crippen molar-refractivity contribution in [1.29, 1.82) is 0 Å². The highest BCUT2D eigenvalue weighted by Crippen LogP contribution is 2.37. The Kier molecular flexibility index (Phi) is 6.79. The molecule has 0 saturated carbocycles. The van der Waals surface area contributed by atoms with Gasteiger partial charge in [-0.2, -0.15) is 0 Å². The summed E-state index contributed by atoms with van der Waals surface area (Å²) in [4.78, 5) is 0. The Hall–Kier alpha value is -0.120. The normalized spacial score (nSPS) is 31.8. The molecule has 118 valence electrons. The van der Waals surface area contributed by atoms with Gasteiger partial charge in [0.25, 0.3) is 0 Å². The monoisotopic (exact) mass is 284 g/mol. The van der Waals surface area contributed by atoms with Crippen LogP contribution in [0.4, 0.5) is 0 Å². The average Bonchev–Trinajstić information content (AvgIpc) is 2.90. The van der Waals surface area contributed by atoms with E-state index in [1.165, 1.54) is 38.5 Å². The fourth-order valence-corrected chi connectivity index (χ4v) is 3.63. The fraction of sp³-hybridized carbons (Fsp3) is 1.00. The first kappa shape index (κ1) is 16.3. The van der Waals surface area contributed by atoms with Crippen molar-refractivity contribution in [2.45, 2.75) is 82.8 Å². The minimum atomic E-state index is -0.137. The molecule has 2 heterocycles. The van der Waals surface area contributed by atoms with Crippen molar-refractivity contribution in [3.8, 4) is 0 Å². The van der Waals surface area contributed by atoms with Crippen molar-refractivity contribution in [1.82, 2.24) is 0 Å². The lowest BCUT2D eigenvalue weighted by atomic mass is 9.81. The van der Waals surface area contributed by atoms with E-state index in [2.05, 4.69) is 6.92 Å². The van der Waals surface area contributed by atoms with Gasteiger partial charge in [0, 0.05) is 19.6 Å². The van der Waals surface area contributed by atoms with Crippen LogP contribution in [0.3, 0.4) is 0 Å². The number of hydrogen-bond donors (Lipinski definition) is 1. The molecule has 0 bridgehead atoms. The molecule has 2 aliphatic rings. The molecule has 0 aliphatic carbocycles. The summed E-state index contributed by atoms with van der Waals surface area (Å²) in [5, 5.41) is 10.4. The van der Waals surface area contributed by atoms with Crippen LogP contribution in [0.25, 0.3) is 0 Å². The molecule has 3 unspecified atom stereocenters. The van der Waals surface area contributed by atoms with Crippen molar-refractivity contribution < 1.29 is 14.6 Å². The molecule has 2 rings (SSSR count). The molecule has 20 heavy (non-hydrogen) atoms. The van der Waals surface area contributed by atoms with E-state index in [-0.39, 0.29) is 11.7 Å². The summed E-state index contributed by atoms with van der Waals surface area (Å²) in [6, 6.07) is 0. The maximum atomic E-state index is 10.4. The number of aliphatic hydroxyl groups is 1. The van der Waals surface area contributed by atoms with Gasteiger partial charge in [-0.1, -0.05) is 45.4 Å². The number of aliphatic hydroxyl groups excluding tert-OH is 1. The fourth-order valence-electron chi connectivity index (χ4n) is 3.63. The molecule has 0 radical (unpaired) electrons. The molecule has 1 spiro atoms. The first-order valence-electron chi connectivity index (χ1n) is 8.65. The topological polar surface area (TPSA) is 38.7 Å². The van der Waals surface area contributed by atoms with E-state index < -0.39 is 0 Å². The second-order valence-electron chi connectivity index (χ2n) is 6.71. The Balaban J connectivity index is 1.63. The van der Waals surface area contributed by atoms with Crippen LogP contribution in [0.1, 0.15) is 71.1 Å². The van der Waals surface area contributed by atoms with Crippen molar-refractivity contribution in [3.63, 3.8) is 0 Å². The SMILES string of the molecule is CCCCCCCCC(O)C1CCOC2(CCOC2)C1. The molecule has 2 aliphatic heterocycles. The molecule has 0 amide bonds. The predicted molar refractivity (Wildman–Crippen MR) is 80.8 cm³/mol. The lowest BCUT2D eigenvalue weighted by molar-refractivity contribution is -0.117.